The third-order valence-electron chi connectivity index (χ3n) is 11.3. The molecule has 4 rings (SSSR count). The fraction of sp³-hybridized carbons (Fsp3) is 0.906. The summed E-state index contributed by atoms with van der Waals surface area (Å²) in [6, 6.07) is 0. The highest BCUT2D eigenvalue weighted by atomic mass is 35.5. The van der Waals surface area contributed by atoms with Gasteiger partial charge in [-0.15, -0.1) is 11.6 Å². The first-order chi connectivity index (χ1) is 16.7. The van der Waals surface area contributed by atoms with E-state index >= 15 is 0 Å². The van der Waals surface area contributed by atoms with Crippen LogP contribution in [0.15, 0.2) is 11.6 Å². The molecule has 0 N–H and O–H groups in total. The Balaban J connectivity index is 1.36. The van der Waals surface area contributed by atoms with E-state index < -0.39 is 0 Å². The monoisotopic (exact) mass is 520 g/mol. The fourth-order valence-electron chi connectivity index (χ4n) is 8.98. The predicted octanol–water partition coefficient (Wildman–Crippen LogP) is 10.2. The van der Waals surface area contributed by atoms with Crippen molar-refractivity contribution >= 4 is 28.5 Å². The van der Waals surface area contributed by atoms with Gasteiger partial charge in [0.1, 0.15) is 5.38 Å². The van der Waals surface area contributed by atoms with Gasteiger partial charge in [-0.25, -0.2) is 0 Å². The van der Waals surface area contributed by atoms with E-state index in [1.54, 1.807) is 17.3 Å². The van der Waals surface area contributed by atoms with Crippen molar-refractivity contribution in [2.45, 2.75) is 142 Å². The van der Waals surface area contributed by atoms with E-state index in [9.17, 15) is 4.79 Å². The van der Waals surface area contributed by atoms with Crippen LogP contribution in [0.5, 0.6) is 0 Å². The van der Waals surface area contributed by atoms with Crippen LogP contribution in [-0.4, -0.2) is 15.7 Å². The molecule has 4 aliphatic rings. The largest absolute Gasteiger partial charge is 0.286 e. The third-order valence-corrected chi connectivity index (χ3v) is 13.3. The summed E-state index contributed by atoms with van der Waals surface area (Å²) in [7, 11) is 0. The molecule has 3 fully saturated rings. The van der Waals surface area contributed by atoms with Gasteiger partial charge in [-0.2, -0.15) is 0 Å². The lowest BCUT2D eigenvalue weighted by Crippen LogP contribution is -2.50. The second kappa shape index (κ2) is 11.8. The average Bonchev–Trinajstić information content (AvgIpc) is 3.17. The van der Waals surface area contributed by atoms with Gasteiger partial charge >= 0.3 is 0 Å². The molecular weight excluding hydrogens is 468 g/mol. The number of allylic oxidation sites excluding steroid dienone is 2. The Morgan fingerprint density at radius 3 is 2.51 bits per heavy atom. The van der Waals surface area contributed by atoms with Crippen molar-refractivity contribution in [3.05, 3.63) is 11.6 Å². The van der Waals surface area contributed by atoms with Gasteiger partial charge in [-0.05, 0) is 98.2 Å². The van der Waals surface area contributed by atoms with Crippen LogP contribution < -0.4 is 0 Å². The zero-order chi connectivity index (χ0) is 25.2. The van der Waals surface area contributed by atoms with E-state index in [4.69, 9.17) is 11.6 Å². The summed E-state index contributed by atoms with van der Waals surface area (Å²) in [6.45, 7) is 11.7. The zero-order valence-electron chi connectivity index (χ0n) is 23.4. The summed E-state index contributed by atoms with van der Waals surface area (Å²) in [4.78, 5) is 12.7. The molecule has 0 aromatic heterocycles. The molecule has 8 atom stereocenters. The molecule has 0 aliphatic heterocycles. The topological polar surface area (TPSA) is 17.1 Å². The summed E-state index contributed by atoms with van der Waals surface area (Å²) in [5.41, 5.74) is 2.66. The van der Waals surface area contributed by atoms with Crippen molar-refractivity contribution in [2.24, 2.45) is 40.4 Å². The SMILES string of the molecule is CCCCCCCC[C@H]1CC[C@H]2[C@H]3CC=C4C[C@@H](SC(=O)[C@H](Cl)C(C)C)CC[C@]4(C)[C@@H]3CC[C@]12C. The Bertz CT molecular complexity index is 761. The second-order valence-corrected chi connectivity index (χ2v) is 15.4. The van der Waals surface area contributed by atoms with Crippen molar-refractivity contribution in [2.75, 3.05) is 0 Å². The van der Waals surface area contributed by atoms with Crippen molar-refractivity contribution < 1.29 is 4.79 Å². The van der Waals surface area contributed by atoms with Crippen molar-refractivity contribution in [3.8, 4) is 0 Å². The van der Waals surface area contributed by atoms with Gasteiger partial charge in [0.05, 0.1) is 0 Å². The van der Waals surface area contributed by atoms with Gasteiger partial charge in [0.15, 0.2) is 0 Å². The summed E-state index contributed by atoms with van der Waals surface area (Å²) in [5.74, 6) is 3.90. The second-order valence-electron chi connectivity index (χ2n) is 13.6. The fourth-order valence-corrected chi connectivity index (χ4v) is 10.4. The smallest absolute Gasteiger partial charge is 0.207 e. The van der Waals surface area contributed by atoms with E-state index in [-0.39, 0.29) is 16.4 Å². The summed E-state index contributed by atoms with van der Waals surface area (Å²) >= 11 is 7.95. The standard InChI is InChI=1S/C32H53ClOS/c1-6-7-8-9-10-11-12-23-14-16-27-26-15-13-24-21-25(35-30(34)29(33)22(2)3)17-19-32(24,5)28(26)18-20-31(23,27)4/h13,22-23,25-29H,6-12,14-21H2,1-5H3/t23-,25-,26+,27-,28+,29+,31+,32-/m0/s1. The maximum atomic E-state index is 12.7. The van der Waals surface area contributed by atoms with Crippen molar-refractivity contribution in [3.63, 3.8) is 0 Å². The highest BCUT2D eigenvalue weighted by molar-refractivity contribution is 8.14. The van der Waals surface area contributed by atoms with Gasteiger partial charge in [-0.3, -0.25) is 4.79 Å². The Morgan fingerprint density at radius 1 is 1.03 bits per heavy atom. The number of rotatable bonds is 10. The molecule has 0 amide bonds. The molecule has 0 heterocycles. The summed E-state index contributed by atoms with van der Waals surface area (Å²) in [5, 5.41) is 0.279. The number of alkyl halides is 1. The molecule has 0 saturated heterocycles. The molecule has 3 heteroatoms. The Morgan fingerprint density at radius 2 is 1.77 bits per heavy atom. The molecule has 200 valence electrons. The average molecular weight is 521 g/mol. The van der Waals surface area contributed by atoms with E-state index in [0.29, 0.717) is 16.1 Å². The minimum Gasteiger partial charge on any atom is -0.286 e. The summed E-state index contributed by atoms with van der Waals surface area (Å²) in [6.07, 6.45) is 23.4. The quantitative estimate of drug-likeness (QED) is 0.162. The number of carbonyl (C=O) groups is 1. The first kappa shape index (κ1) is 28.1. The number of fused-ring (bicyclic) bond motifs is 5. The van der Waals surface area contributed by atoms with Gasteiger partial charge in [-0.1, -0.05) is 96.6 Å². The van der Waals surface area contributed by atoms with Crippen LogP contribution in [0.25, 0.3) is 0 Å². The Labute approximate surface area is 226 Å². The van der Waals surface area contributed by atoms with Crippen LogP contribution in [-0.2, 0) is 4.79 Å². The third kappa shape index (κ3) is 5.74. The lowest BCUT2D eigenvalue weighted by Gasteiger charge is -2.58. The number of thioether (sulfide) groups is 1. The van der Waals surface area contributed by atoms with Crippen LogP contribution in [0.2, 0.25) is 0 Å². The number of carbonyl (C=O) groups excluding carboxylic acids is 1. The van der Waals surface area contributed by atoms with Crippen LogP contribution in [0.3, 0.4) is 0 Å². The van der Waals surface area contributed by atoms with Gasteiger partial charge in [0.25, 0.3) is 0 Å². The highest BCUT2D eigenvalue weighted by Gasteiger charge is 2.58. The molecule has 0 aromatic rings. The molecule has 0 radical (unpaired) electrons. The highest BCUT2D eigenvalue weighted by Crippen LogP contribution is 2.67. The number of hydrogen-bond donors (Lipinski definition) is 0. The Kier molecular flexibility index (Phi) is 9.49. The molecule has 0 unspecified atom stereocenters. The van der Waals surface area contributed by atoms with Crippen molar-refractivity contribution in [1.82, 2.24) is 0 Å². The van der Waals surface area contributed by atoms with E-state index in [0.717, 1.165) is 30.1 Å². The predicted molar refractivity (Wildman–Crippen MR) is 154 cm³/mol. The number of halogens is 1. The Hall–Kier alpha value is 0.0500. The molecule has 0 bridgehead atoms. The molecule has 4 aliphatic carbocycles. The summed E-state index contributed by atoms with van der Waals surface area (Å²) < 4.78 is 0. The van der Waals surface area contributed by atoms with Crippen molar-refractivity contribution in [1.29, 1.82) is 0 Å². The molecule has 35 heavy (non-hydrogen) atoms. The lowest BCUT2D eigenvalue weighted by atomic mass is 9.47. The van der Waals surface area contributed by atoms with E-state index in [2.05, 4.69) is 40.7 Å². The molecule has 0 aromatic carbocycles. The lowest BCUT2D eigenvalue weighted by molar-refractivity contribution is -0.111. The van der Waals surface area contributed by atoms with Gasteiger partial charge in [0.2, 0.25) is 5.12 Å². The normalized spacial score (nSPS) is 39.5. The van der Waals surface area contributed by atoms with Gasteiger partial charge < -0.3 is 0 Å². The molecular formula is C32H53ClOS. The molecule has 3 saturated carbocycles. The number of unbranched alkanes of at least 4 members (excludes halogenated alkanes) is 5. The molecule has 0 spiro atoms. The first-order valence-electron chi connectivity index (χ1n) is 15.2. The minimum atomic E-state index is -0.347. The maximum Gasteiger partial charge on any atom is 0.207 e. The van der Waals surface area contributed by atoms with Crippen LogP contribution >= 0.6 is 23.4 Å². The van der Waals surface area contributed by atoms with Crippen LogP contribution in [0.1, 0.15) is 131 Å². The zero-order valence-corrected chi connectivity index (χ0v) is 25.0. The van der Waals surface area contributed by atoms with Crippen LogP contribution in [0, 0.1) is 40.4 Å². The maximum absolute atomic E-state index is 12.7. The molecule has 1 nitrogen and oxygen atoms in total. The van der Waals surface area contributed by atoms with E-state index in [1.165, 1.54) is 89.9 Å². The van der Waals surface area contributed by atoms with Crippen LogP contribution in [0.4, 0.5) is 0 Å². The van der Waals surface area contributed by atoms with Gasteiger partial charge in [0, 0.05) is 5.25 Å². The van der Waals surface area contributed by atoms with E-state index in [1.807, 2.05) is 0 Å². The number of hydrogen-bond acceptors (Lipinski definition) is 2. The minimum absolute atomic E-state index is 0.195. The first-order valence-corrected chi connectivity index (χ1v) is 16.6.